The summed E-state index contributed by atoms with van der Waals surface area (Å²) >= 11 is 1.76. The highest BCUT2D eigenvalue weighted by atomic mass is 32.2. The van der Waals surface area contributed by atoms with Crippen molar-refractivity contribution in [2.75, 3.05) is 24.2 Å². The lowest BCUT2D eigenvalue weighted by atomic mass is 10.3. The maximum absolute atomic E-state index is 5.37. The van der Waals surface area contributed by atoms with Gasteiger partial charge in [-0.1, -0.05) is 11.8 Å². The summed E-state index contributed by atoms with van der Waals surface area (Å²) in [7, 11) is 0. The summed E-state index contributed by atoms with van der Waals surface area (Å²) in [6.07, 6.45) is 0. The largest absolute Gasteiger partial charge is 0.494 e. The van der Waals surface area contributed by atoms with E-state index in [1.807, 2.05) is 31.2 Å². The summed E-state index contributed by atoms with van der Waals surface area (Å²) in [5.41, 5.74) is 1.06. The standard InChI is InChI=1S/C11H14N2OS/c1-2-14-10-5-3-9(4-6-10)13-11-12-7-8-15-11/h3-6H,2,7-8H2,1H3,(H,12,13). The molecule has 1 aliphatic heterocycles. The molecule has 4 heteroatoms. The monoisotopic (exact) mass is 222 g/mol. The zero-order valence-electron chi connectivity index (χ0n) is 8.69. The smallest absolute Gasteiger partial charge is 0.161 e. The first-order chi connectivity index (χ1) is 7.38. The molecule has 0 bridgehead atoms. The molecule has 0 aromatic heterocycles. The molecule has 1 N–H and O–H groups in total. The van der Waals surface area contributed by atoms with E-state index in [2.05, 4.69) is 10.3 Å². The van der Waals surface area contributed by atoms with Gasteiger partial charge in [-0.05, 0) is 31.2 Å². The van der Waals surface area contributed by atoms with Gasteiger partial charge in [-0.2, -0.15) is 0 Å². The summed E-state index contributed by atoms with van der Waals surface area (Å²) in [4.78, 5) is 4.33. The van der Waals surface area contributed by atoms with E-state index in [0.29, 0.717) is 6.61 Å². The Morgan fingerprint density at radius 3 is 2.80 bits per heavy atom. The second-order valence-electron chi connectivity index (χ2n) is 3.12. The van der Waals surface area contributed by atoms with E-state index >= 15 is 0 Å². The van der Waals surface area contributed by atoms with Crippen molar-refractivity contribution in [3.63, 3.8) is 0 Å². The van der Waals surface area contributed by atoms with Crippen LogP contribution in [-0.2, 0) is 0 Å². The molecule has 1 aliphatic rings. The predicted molar refractivity (Wildman–Crippen MR) is 66.0 cm³/mol. The number of anilines is 1. The maximum atomic E-state index is 5.37. The van der Waals surface area contributed by atoms with Crippen LogP contribution in [0.3, 0.4) is 0 Å². The van der Waals surface area contributed by atoms with Crippen molar-refractivity contribution >= 4 is 22.6 Å². The van der Waals surface area contributed by atoms with E-state index in [1.54, 1.807) is 11.8 Å². The van der Waals surface area contributed by atoms with E-state index in [9.17, 15) is 0 Å². The molecule has 0 radical (unpaired) electrons. The molecular weight excluding hydrogens is 208 g/mol. The average Bonchev–Trinajstić information content (AvgIpc) is 2.74. The highest BCUT2D eigenvalue weighted by Crippen LogP contribution is 2.19. The fraction of sp³-hybridized carbons (Fsp3) is 0.364. The highest BCUT2D eigenvalue weighted by molar-refractivity contribution is 8.14. The Balaban J connectivity index is 1.97. The van der Waals surface area contributed by atoms with Crippen molar-refractivity contribution in [2.24, 2.45) is 4.99 Å². The molecule has 0 saturated heterocycles. The molecule has 0 aliphatic carbocycles. The molecule has 80 valence electrons. The van der Waals surface area contributed by atoms with Gasteiger partial charge in [0.1, 0.15) is 5.75 Å². The van der Waals surface area contributed by atoms with Gasteiger partial charge in [0.2, 0.25) is 0 Å². The van der Waals surface area contributed by atoms with Gasteiger partial charge < -0.3 is 10.1 Å². The molecule has 0 spiro atoms. The lowest BCUT2D eigenvalue weighted by molar-refractivity contribution is 0.340. The van der Waals surface area contributed by atoms with Gasteiger partial charge in [-0.25, -0.2) is 0 Å². The molecule has 2 rings (SSSR count). The molecule has 3 nitrogen and oxygen atoms in total. The Bertz CT molecular complexity index is 348. The Morgan fingerprint density at radius 2 is 2.20 bits per heavy atom. The quantitative estimate of drug-likeness (QED) is 0.853. The van der Waals surface area contributed by atoms with E-state index in [0.717, 1.165) is 28.9 Å². The van der Waals surface area contributed by atoms with Gasteiger partial charge in [-0.3, -0.25) is 4.99 Å². The molecule has 0 saturated carbocycles. The minimum atomic E-state index is 0.704. The van der Waals surface area contributed by atoms with Crippen molar-refractivity contribution in [2.45, 2.75) is 6.92 Å². The predicted octanol–water partition coefficient (Wildman–Crippen LogP) is 2.60. The van der Waals surface area contributed by atoms with E-state index < -0.39 is 0 Å². The topological polar surface area (TPSA) is 33.6 Å². The summed E-state index contributed by atoms with van der Waals surface area (Å²) in [5.74, 6) is 1.99. The summed E-state index contributed by atoms with van der Waals surface area (Å²) in [6.45, 7) is 3.61. The van der Waals surface area contributed by atoms with Crippen LogP contribution in [0.25, 0.3) is 0 Å². The van der Waals surface area contributed by atoms with Crippen molar-refractivity contribution in [1.82, 2.24) is 0 Å². The van der Waals surface area contributed by atoms with Crippen LogP contribution < -0.4 is 10.1 Å². The average molecular weight is 222 g/mol. The number of benzene rings is 1. The molecule has 0 unspecified atom stereocenters. The molecule has 1 aromatic carbocycles. The van der Waals surface area contributed by atoms with Gasteiger partial charge in [0, 0.05) is 11.4 Å². The van der Waals surface area contributed by atoms with Gasteiger partial charge in [0.25, 0.3) is 0 Å². The van der Waals surface area contributed by atoms with Gasteiger partial charge in [0.15, 0.2) is 5.17 Å². The third-order valence-corrected chi connectivity index (χ3v) is 2.89. The van der Waals surface area contributed by atoms with Crippen molar-refractivity contribution < 1.29 is 4.74 Å². The molecule has 1 heterocycles. The van der Waals surface area contributed by atoms with Crippen LogP contribution >= 0.6 is 11.8 Å². The highest BCUT2D eigenvalue weighted by Gasteiger charge is 2.06. The number of aliphatic imine (C=N–C) groups is 1. The van der Waals surface area contributed by atoms with Crippen LogP contribution in [0.1, 0.15) is 6.92 Å². The van der Waals surface area contributed by atoms with Gasteiger partial charge in [0.05, 0.1) is 13.2 Å². The van der Waals surface area contributed by atoms with E-state index in [-0.39, 0.29) is 0 Å². The first kappa shape index (κ1) is 10.4. The number of thioether (sulfide) groups is 1. The first-order valence-corrected chi connectivity index (χ1v) is 6.04. The molecule has 0 fully saturated rings. The maximum Gasteiger partial charge on any atom is 0.161 e. The normalized spacial score (nSPS) is 14.9. The Hall–Kier alpha value is -1.16. The molecule has 1 aromatic rings. The summed E-state index contributed by atoms with van der Waals surface area (Å²) in [5, 5.41) is 4.28. The van der Waals surface area contributed by atoms with Crippen LogP contribution in [0.5, 0.6) is 5.75 Å². The molecule has 15 heavy (non-hydrogen) atoms. The SMILES string of the molecule is CCOc1ccc(NC2=NCCS2)cc1. The fourth-order valence-electron chi connectivity index (χ4n) is 1.34. The summed E-state index contributed by atoms with van der Waals surface area (Å²) < 4.78 is 5.37. The van der Waals surface area contributed by atoms with Gasteiger partial charge >= 0.3 is 0 Å². The van der Waals surface area contributed by atoms with Crippen LogP contribution in [0.4, 0.5) is 5.69 Å². The van der Waals surface area contributed by atoms with Crippen LogP contribution in [0, 0.1) is 0 Å². The lowest BCUT2D eigenvalue weighted by Gasteiger charge is -2.06. The number of amidine groups is 1. The molecule has 0 atom stereocenters. The number of nitrogens with zero attached hydrogens (tertiary/aromatic N) is 1. The van der Waals surface area contributed by atoms with Crippen LogP contribution in [-0.4, -0.2) is 24.1 Å². The third kappa shape index (κ3) is 2.89. The number of hydrogen-bond donors (Lipinski definition) is 1. The van der Waals surface area contributed by atoms with E-state index in [1.165, 1.54) is 0 Å². The Labute approximate surface area is 93.9 Å². The Morgan fingerprint density at radius 1 is 1.40 bits per heavy atom. The number of rotatable bonds is 3. The third-order valence-electron chi connectivity index (χ3n) is 2.00. The number of hydrogen-bond acceptors (Lipinski definition) is 4. The van der Waals surface area contributed by atoms with Crippen molar-refractivity contribution in [1.29, 1.82) is 0 Å². The second kappa shape index (κ2) is 5.07. The number of nitrogens with one attached hydrogen (secondary N) is 1. The van der Waals surface area contributed by atoms with Crippen molar-refractivity contribution in [3.05, 3.63) is 24.3 Å². The fourth-order valence-corrected chi connectivity index (χ4v) is 2.08. The van der Waals surface area contributed by atoms with Crippen LogP contribution in [0.2, 0.25) is 0 Å². The minimum absolute atomic E-state index is 0.704. The number of ether oxygens (including phenoxy) is 1. The second-order valence-corrected chi connectivity index (χ2v) is 4.20. The Kier molecular flexibility index (Phi) is 3.50. The lowest BCUT2D eigenvalue weighted by Crippen LogP contribution is -2.04. The van der Waals surface area contributed by atoms with Crippen LogP contribution in [0.15, 0.2) is 29.3 Å². The molecule has 0 amide bonds. The zero-order chi connectivity index (χ0) is 10.5. The van der Waals surface area contributed by atoms with Crippen molar-refractivity contribution in [3.8, 4) is 5.75 Å². The zero-order valence-corrected chi connectivity index (χ0v) is 9.51. The summed E-state index contributed by atoms with van der Waals surface area (Å²) in [6, 6.07) is 7.94. The van der Waals surface area contributed by atoms with Gasteiger partial charge in [-0.15, -0.1) is 0 Å². The first-order valence-electron chi connectivity index (χ1n) is 5.05. The molecular formula is C11H14N2OS. The van der Waals surface area contributed by atoms with E-state index in [4.69, 9.17) is 4.74 Å². The minimum Gasteiger partial charge on any atom is -0.494 e.